The Bertz CT molecular complexity index is 338. The maximum Gasteiger partial charge on any atom is 0.228 e. The number of hydrogen-bond donors (Lipinski definition) is 2. The van der Waals surface area contributed by atoms with Crippen LogP contribution in [0, 0.1) is 5.41 Å². The maximum absolute atomic E-state index is 11.8. The van der Waals surface area contributed by atoms with Gasteiger partial charge < -0.3 is 10.4 Å². The fourth-order valence-electron chi connectivity index (χ4n) is 2.00. The van der Waals surface area contributed by atoms with Crippen LogP contribution in [-0.4, -0.2) is 24.2 Å². The van der Waals surface area contributed by atoms with Gasteiger partial charge in [0.25, 0.3) is 0 Å². The van der Waals surface area contributed by atoms with Crippen molar-refractivity contribution in [1.82, 2.24) is 5.32 Å². The topological polar surface area (TPSA) is 49.3 Å². The van der Waals surface area contributed by atoms with Crippen LogP contribution in [0.2, 0.25) is 0 Å². The monoisotopic (exact) mass is 239 g/mol. The van der Waals surface area contributed by atoms with Gasteiger partial charge in [-0.25, -0.2) is 0 Å². The highest BCUT2D eigenvalue weighted by atomic mass is 32.1. The molecule has 2 N–H and O–H groups in total. The summed E-state index contributed by atoms with van der Waals surface area (Å²) in [5, 5.41) is 14.2. The molecule has 0 atom stereocenters. The molecule has 3 nitrogen and oxygen atoms in total. The molecule has 1 heterocycles. The molecule has 0 spiro atoms. The van der Waals surface area contributed by atoms with Crippen LogP contribution in [0.25, 0.3) is 0 Å². The van der Waals surface area contributed by atoms with Gasteiger partial charge in [-0.3, -0.25) is 4.79 Å². The number of nitrogens with one attached hydrogen (secondary N) is 1. The van der Waals surface area contributed by atoms with E-state index in [4.69, 9.17) is 0 Å². The molecule has 0 unspecified atom stereocenters. The second-order valence-corrected chi connectivity index (χ2v) is 5.41. The summed E-state index contributed by atoms with van der Waals surface area (Å²) in [6, 6.07) is 4.09. The van der Waals surface area contributed by atoms with Gasteiger partial charge in [-0.2, -0.15) is 0 Å². The second kappa shape index (κ2) is 4.97. The predicted octanol–water partition coefficient (Wildman–Crippen LogP) is 1.57. The smallest absolute Gasteiger partial charge is 0.228 e. The summed E-state index contributed by atoms with van der Waals surface area (Å²) in [4.78, 5) is 13.1. The summed E-state index contributed by atoms with van der Waals surface area (Å²) in [7, 11) is 0. The Morgan fingerprint density at radius 2 is 2.38 bits per heavy atom. The van der Waals surface area contributed by atoms with Crippen LogP contribution in [0.1, 0.15) is 24.1 Å². The minimum atomic E-state index is -0.463. The van der Waals surface area contributed by atoms with E-state index in [-0.39, 0.29) is 12.5 Å². The summed E-state index contributed by atoms with van der Waals surface area (Å²) < 4.78 is 0. The van der Waals surface area contributed by atoms with E-state index < -0.39 is 5.41 Å². The van der Waals surface area contributed by atoms with Gasteiger partial charge >= 0.3 is 0 Å². The standard InChI is InChI=1S/C12H17NO2S/c14-9-12(5-2-6-12)11(15)13-7-4-10-3-1-8-16-10/h1,3,8,14H,2,4-7,9H2,(H,13,15). The first-order valence-electron chi connectivity index (χ1n) is 5.68. The van der Waals surface area contributed by atoms with Crippen molar-refractivity contribution in [2.75, 3.05) is 13.2 Å². The van der Waals surface area contributed by atoms with Crippen molar-refractivity contribution in [3.63, 3.8) is 0 Å². The summed E-state index contributed by atoms with van der Waals surface area (Å²) >= 11 is 1.71. The Labute approximate surface area is 99.5 Å². The van der Waals surface area contributed by atoms with Gasteiger partial charge in [0.15, 0.2) is 0 Å². The van der Waals surface area contributed by atoms with Crippen LogP contribution < -0.4 is 5.32 Å². The minimum Gasteiger partial charge on any atom is -0.395 e. The first-order chi connectivity index (χ1) is 7.77. The molecule has 0 aromatic carbocycles. The summed E-state index contributed by atoms with van der Waals surface area (Å²) in [6.07, 6.45) is 3.59. The average Bonchev–Trinajstić information content (AvgIpc) is 2.70. The lowest BCUT2D eigenvalue weighted by Gasteiger charge is -2.38. The number of thiophene rings is 1. The molecule has 1 aliphatic carbocycles. The van der Waals surface area contributed by atoms with Crippen molar-refractivity contribution >= 4 is 17.2 Å². The summed E-state index contributed by atoms with van der Waals surface area (Å²) in [5.41, 5.74) is -0.463. The van der Waals surface area contributed by atoms with Crippen molar-refractivity contribution in [1.29, 1.82) is 0 Å². The molecule has 88 valence electrons. The largest absolute Gasteiger partial charge is 0.395 e. The highest BCUT2D eigenvalue weighted by molar-refractivity contribution is 7.09. The predicted molar refractivity (Wildman–Crippen MR) is 64.4 cm³/mol. The lowest BCUT2D eigenvalue weighted by atomic mass is 9.68. The summed E-state index contributed by atoms with van der Waals surface area (Å²) in [6.45, 7) is 0.652. The van der Waals surface area contributed by atoms with Crippen molar-refractivity contribution in [3.8, 4) is 0 Å². The number of carbonyl (C=O) groups excluding carboxylic acids is 1. The molecule has 16 heavy (non-hydrogen) atoms. The van der Waals surface area contributed by atoms with Crippen molar-refractivity contribution < 1.29 is 9.90 Å². The highest BCUT2D eigenvalue weighted by Gasteiger charge is 2.43. The molecule has 0 radical (unpaired) electrons. The molecule has 1 amide bonds. The first-order valence-corrected chi connectivity index (χ1v) is 6.56. The van der Waals surface area contributed by atoms with E-state index in [0.717, 1.165) is 25.7 Å². The molecule has 2 rings (SSSR count). The number of aliphatic hydroxyl groups excluding tert-OH is 1. The Kier molecular flexibility index (Phi) is 3.61. The molecule has 1 aromatic heterocycles. The van der Waals surface area contributed by atoms with Gasteiger partial charge in [0.05, 0.1) is 12.0 Å². The van der Waals surface area contributed by atoms with Crippen LogP contribution in [0.4, 0.5) is 0 Å². The van der Waals surface area contributed by atoms with Crippen LogP contribution in [-0.2, 0) is 11.2 Å². The Morgan fingerprint density at radius 3 is 2.88 bits per heavy atom. The zero-order valence-electron chi connectivity index (χ0n) is 9.24. The third-order valence-corrected chi connectivity index (χ3v) is 4.27. The van der Waals surface area contributed by atoms with E-state index >= 15 is 0 Å². The van der Waals surface area contributed by atoms with Gasteiger partial charge in [0, 0.05) is 11.4 Å². The number of carbonyl (C=O) groups is 1. The molecule has 4 heteroatoms. The third-order valence-electron chi connectivity index (χ3n) is 3.33. The SMILES string of the molecule is O=C(NCCc1cccs1)C1(CO)CCC1. The number of rotatable bonds is 5. The van der Waals surface area contributed by atoms with E-state index in [1.54, 1.807) is 11.3 Å². The second-order valence-electron chi connectivity index (χ2n) is 4.38. The van der Waals surface area contributed by atoms with Gasteiger partial charge in [0.2, 0.25) is 5.91 Å². The van der Waals surface area contributed by atoms with Crippen LogP contribution in [0.5, 0.6) is 0 Å². The van der Waals surface area contributed by atoms with E-state index in [1.807, 2.05) is 11.4 Å². The van der Waals surface area contributed by atoms with E-state index in [1.165, 1.54) is 4.88 Å². The summed E-state index contributed by atoms with van der Waals surface area (Å²) in [5.74, 6) is 0.0257. The van der Waals surface area contributed by atoms with Gasteiger partial charge in [-0.15, -0.1) is 11.3 Å². The van der Waals surface area contributed by atoms with Crippen molar-refractivity contribution in [3.05, 3.63) is 22.4 Å². The quantitative estimate of drug-likeness (QED) is 0.819. The van der Waals surface area contributed by atoms with Crippen LogP contribution in [0.3, 0.4) is 0 Å². The van der Waals surface area contributed by atoms with E-state index in [9.17, 15) is 9.90 Å². The molecular formula is C12H17NO2S. The molecule has 0 saturated heterocycles. The third kappa shape index (κ3) is 2.28. The van der Waals surface area contributed by atoms with E-state index in [2.05, 4.69) is 11.4 Å². The lowest BCUT2D eigenvalue weighted by molar-refractivity contribution is -0.139. The van der Waals surface area contributed by atoms with Gasteiger partial charge in [-0.05, 0) is 30.7 Å². The van der Waals surface area contributed by atoms with Crippen LogP contribution in [0.15, 0.2) is 17.5 Å². The first kappa shape index (κ1) is 11.6. The van der Waals surface area contributed by atoms with Crippen molar-refractivity contribution in [2.45, 2.75) is 25.7 Å². The highest BCUT2D eigenvalue weighted by Crippen LogP contribution is 2.40. The molecule has 1 saturated carbocycles. The molecule has 1 fully saturated rings. The Morgan fingerprint density at radius 1 is 1.56 bits per heavy atom. The van der Waals surface area contributed by atoms with Gasteiger partial charge in [0.1, 0.15) is 0 Å². The fraction of sp³-hybridized carbons (Fsp3) is 0.583. The zero-order valence-corrected chi connectivity index (χ0v) is 10.1. The number of amides is 1. The van der Waals surface area contributed by atoms with Crippen LogP contribution >= 0.6 is 11.3 Å². The molecule has 0 bridgehead atoms. The Hall–Kier alpha value is -0.870. The normalized spacial score (nSPS) is 17.8. The number of hydrogen-bond acceptors (Lipinski definition) is 3. The molecular weight excluding hydrogens is 222 g/mol. The fourth-order valence-corrected chi connectivity index (χ4v) is 2.71. The minimum absolute atomic E-state index is 0.0160. The number of aliphatic hydroxyl groups is 1. The maximum atomic E-state index is 11.8. The van der Waals surface area contributed by atoms with Crippen molar-refractivity contribution in [2.24, 2.45) is 5.41 Å². The molecule has 1 aromatic rings. The lowest BCUT2D eigenvalue weighted by Crippen LogP contribution is -2.48. The van der Waals surface area contributed by atoms with E-state index in [0.29, 0.717) is 6.54 Å². The Balaban J connectivity index is 1.75. The molecule has 0 aliphatic heterocycles. The average molecular weight is 239 g/mol. The molecule has 1 aliphatic rings. The van der Waals surface area contributed by atoms with Gasteiger partial charge in [-0.1, -0.05) is 12.5 Å². The zero-order chi connectivity index (χ0) is 11.4.